The molecule has 0 spiro atoms. The van der Waals surface area contributed by atoms with Crippen LogP contribution in [0.5, 0.6) is 0 Å². The van der Waals surface area contributed by atoms with Gasteiger partial charge in [-0.2, -0.15) is 12.6 Å². The summed E-state index contributed by atoms with van der Waals surface area (Å²) in [4.78, 5) is 2.35. The van der Waals surface area contributed by atoms with Gasteiger partial charge in [0.25, 0.3) is 0 Å². The van der Waals surface area contributed by atoms with E-state index < -0.39 is 0 Å². The summed E-state index contributed by atoms with van der Waals surface area (Å²) in [6.07, 6.45) is 2.73. The van der Waals surface area contributed by atoms with Gasteiger partial charge in [-0.05, 0) is 37.1 Å². The van der Waals surface area contributed by atoms with Crippen molar-refractivity contribution < 1.29 is 4.74 Å². The van der Waals surface area contributed by atoms with Gasteiger partial charge in [-0.3, -0.25) is 0 Å². The topological polar surface area (TPSA) is 12.5 Å². The Bertz CT molecular complexity index is 353. The largest absolute Gasteiger partial charge is 0.380 e. The second kappa shape index (κ2) is 7.93. The minimum Gasteiger partial charge on any atom is -0.380 e. The maximum atomic E-state index is 5.69. The first-order valence-electron chi connectivity index (χ1n) is 7.21. The third kappa shape index (κ3) is 5.55. The van der Waals surface area contributed by atoms with Crippen LogP contribution in [0.3, 0.4) is 0 Å². The Morgan fingerprint density at radius 1 is 1.32 bits per heavy atom. The minimum absolute atomic E-state index is 0.498. The van der Waals surface area contributed by atoms with E-state index in [1.165, 1.54) is 18.4 Å². The molecule has 0 heterocycles. The summed E-state index contributed by atoms with van der Waals surface area (Å²) in [5, 5.41) is 0. The molecule has 0 aliphatic heterocycles. The molecule has 0 amide bonds. The van der Waals surface area contributed by atoms with E-state index in [0.717, 1.165) is 38.0 Å². The average Bonchev–Trinajstić information content (AvgIpc) is 3.26. The van der Waals surface area contributed by atoms with Crippen LogP contribution in [-0.4, -0.2) is 44.0 Å². The molecule has 1 aromatic carbocycles. The van der Waals surface area contributed by atoms with E-state index in [-0.39, 0.29) is 0 Å². The molecule has 0 saturated heterocycles. The summed E-state index contributed by atoms with van der Waals surface area (Å²) in [5.41, 5.74) is 1.38. The van der Waals surface area contributed by atoms with Crippen LogP contribution in [0.2, 0.25) is 0 Å². The first-order valence-corrected chi connectivity index (χ1v) is 7.85. The van der Waals surface area contributed by atoms with Crippen molar-refractivity contribution in [1.82, 2.24) is 4.90 Å². The minimum atomic E-state index is 0.498. The van der Waals surface area contributed by atoms with E-state index in [9.17, 15) is 0 Å². The molecule has 1 saturated carbocycles. The Balaban J connectivity index is 1.68. The quantitative estimate of drug-likeness (QED) is 0.551. The van der Waals surface area contributed by atoms with Crippen molar-refractivity contribution in [1.29, 1.82) is 0 Å². The standard InChI is InChI=1S/C16H25NOS/c1-17(9-10-18-12-14-7-8-14)11-16(13-19)15-5-3-2-4-6-15/h2-6,14,16,19H,7-13H2,1H3. The number of benzene rings is 1. The number of hydrogen-bond donors (Lipinski definition) is 1. The van der Waals surface area contributed by atoms with Crippen LogP contribution in [-0.2, 0) is 4.74 Å². The van der Waals surface area contributed by atoms with E-state index in [1.807, 2.05) is 0 Å². The van der Waals surface area contributed by atoms with Crippen molar-refractivity contribution >= 4 is 12.6 Å². The van der Waals surface area contributed by atoms with Crippen LogP contribution < -0.4 is 0 Å². The van der Waals surface area contributed by atoms with Gasteiger partial charge in [-0.15, -0.1) is 0 Å². The summed E-state index contributed by atoms with van der Waals surface area (Å²) < 4.78 is 5.69. The van der Waals surface area contributed by atoms with Crippen molar-refractivity contribution in [2.45, 2.75) is 18.8 Å². The smallest absolute Gasteiger partial charge is 0.0593 e. The molecule has 0 radical (unpaired) electrons. The molecular formula is C16H25NOS. The highest BCUT2D eigenvalue weighted by atomic mass is 32.1. The summed E-state index contributed by atoms with van der Waals surface area (Å²) in [6, 6.07) is 10.7. The Morgan fingerprint density at radius 2 is 2.05 bits per heavy atom. The Labute approximate surface area is 122 Å². The Kier molecular flexibility index (Phi) is 6.21. The lowest BCUT2D eigenvalue weighted by Gasteiger charge is -2.23. The van der Waals surface area contributed by atoms with Crippen molar-refractivity contribution in [3.05, 3.63) is 35.9 Å². The first-order chi connectivity index (χ1) is 9.29. The zero-order valence-electron chi connectivity index (χ0n) is 11.8. The summed E-state index contributed by atoms with van der Waals surface area (Å²) in [6.45, 7) is 3.85. The molecule has 1 atom stereocenters. The lowest BCUT2D eigenvalue weighted by molar-refractivity contribution is 0.102. The van der Waals surface area contributed by atoms with Gasteiger partial charge in [0.05, 0.1) is 6.61 Å². The van der Waals surface area contributed by atoms with Crippen molar-refractivity contribution in [2.75, 3.05) is 39.1 Å². The van der Waals surface area contributed by atoms with Crippen LogP contribution in [0.1, 0.15) is 24.3 Å². The van der Waals surface area contributed by atoms with E-state index in [2.05, 4.69) is 54.9 Å². The molecule has 3 heteroatoms. The molecule has 1 aliphatic rings. The van der Waals surface area contributed by atoms with Gasteiger partial charge in [-0.1, -0.05) is 30.3 Å². The summed E-state index contributed by atoms with van der Waals surface area (Å²) in [7, 11) is 2.17. The number of thiol groups is 1. The van der Waals surface area contributed by atoms with Crippen molar-refractivity contribution in [3.63, 3.8) is 0 Å². The van der Waals surface area contributed by atoms with Crippen LogP contribution >= 0.6 is 12.6 Å². The third-order valence-corrected chi connectivity index (χ3v) is 4.13. The SMILES string of the molecule is CN(CCOCC1CC1)CC(CS)c1ccccc1. The highest BCUT2D eigenvalue weighted by molar-refractivity contribution is 7.80. The lowest BCUT2D eigenvalue weighted by atomic mass is 10.0. The molecule has 0 N–H and O–H groups in total. The summed E-state index contributed by atoms with van der Waals surface area (Å²) in [5.74, 6) is 2.25. The van der Waals surface area contributed by atoms with Crippen LogP contribution in [0.25, 0.3) is 0 Å². The number of likely N-dealkylation sites (N-methyl/N-ethyl adjacent to an activating group) is 1. The predicted molar refractivity (Wildman–Crippen MR) is 84.1 cm³/mol. The number of rotatable bonds is 9. The molecule has 19 heavy (non-hydrogen) atoms. The molecule has 1 unspecified atom stereocenters. The Morgan fingerprint density at radius 3 is 2.68 bits per heavy atom. The van der Waals surface area contributed by atoms with Crippen molar-refractivity contribution in [3.8, 4) is 0 Å². The van der Waals surface area contributed by atoms with E-state index in [4.69, 9.17) is 4.74 Å². The summed E-state index contributed by atoms with van der Waals surface area (Å²) >= 11 is 4.49. The van der Waals surface area contributed by atoms with E-state index in [1.54, 1.807) is 0 Å². The second-order valence-corrected chi connectivity index (χ2v) is 5.94. The fraction of sp³-hybridized carbons (Fsp3) is 0.625. The molecule has 0 aromatic heterocycles. The predicted octanol–water partition coefficient (Wildman–Crippen LogP) is 3.06. The Hall–Kier alpha value is -0.510. The van der Waals surface area contributed by atoms with Gasteiger partial charge >= 0.3 is 0 Å². The number of hydrogen-bond acceptors (Lipinski definition) is 3. The zero-order valence-corrected chi connectivity index (χ0v) is 12.7. The molecule has 2 rings (SSSR count). The van der Waals surface area contributed by atoms with Gasteiger partial charge in [0.15, 0.2) is 0 Å². The fourth-order valence-electron chi connectivity index (χ4n) is 2.22. The molecule has 1 fully saturated rings. The van der Waals surface area contributed by atoms with Crippen LogP contribution in [0.4, 0.5) is 0 Å². The lowest BCUT2D eigenvalue weighted by Crippen LogP contribution is -2.29. The van der Waals surface area contributed by atoms with Crippen LogP contribution in [0.15, 0.2) is 30.3 Å². The van der Waals surface area contributed by atoms with Crippen molar-refractivity contribution in [2.24, 2.45) is 5.92 Å². The molecule has 2 nitrogen and oxygen atoms in total. The second-order valence-electron chi connectivity index (χ2n) is 5.57. The molecule has 0 bridgehead atoms. The third-order valence-electron chi connectivity index (χ3n) is 3.69. The monoisotopic (exact) mass is 279 g/mol. The fourth-order valence-corrected chi connectivity index (χ4v) is 2.54. The van der Waals surface area contributed by atoms with Gasteiger partial charge in [0.2, 0.25) is 0 Å². The van der Waals surface area contributed by atoms with Crippen LogP contribution in [0, 0.1) is 5.92 Å². The number of nitrogens with zero attached hydrogens (tertiary/aromatic N) is 1. The first kappa shape index (κ1) is 14.9. The maximum Gasteiger partial charge on any atom is 0.0593 e. The molecule has 106 valence electrons. The van der Waals surface area contributed by atoms with E-state index >= 15 is 0 Å². The van der Waals surface area contributed by atoms with Gasteiger partial charge < -0.3 is 9.64 Å². The highest BCUT2D eigenvalue weighted by Gasteiger charge is 2.21. The zero-order chi connectivity index (χ0) is 13.5. The van der Waals surface area contributed by atoms with Gasteiger partial charge in [-0.25, -0.2) is 0 Å². The normalized spacial score (nSPS) is 16.8. The number of ether oxygens (including phenoxy) is 1. The highest BCUT2D eigenvalue weighted by Crippen LogP contribution is 2.28. The molecule has 1 aliphatic carbocycles. The maximum absolute atomic E-state index is 5.69. The van der Waals surface area contributed by atoms with E-state index in [0.29, 0.717) is 5.92 Å². The average molecular weight is 279 g/mol. The molecule has 1 aromatic rings. The van der Waals surface area contributed by atoms with Gasteiger partial charge in [0.1, 0.15) is 0 Å². The molecular weight excluding hydrogens is 254 g/mol. The van der Waals surface area contributed by atoms with Gasteiger partial charge in [0, 0.05) is 25.6 Å².